The molecule has 0 radical (unpaired) electrons. The van der Waals surface area contributed by atoms with E-state index in [2.05, 4.69) is 26.3 Å². The summed E-state index contributed by atoms with van der Waals surface area (Å²) in [4.78, 5) is 23.6. The zero-order valence-electron chi connectivity index (χ0n) is 10.3. The molecule has 1 fully saturated rings. The second-order valence-electron chi connectivity index (χ2n) is 4.24. The second-order valence-corrected chi connectivity index (χ2v) is 5.00. The van der Waals surface area contributed by atoms with Gasteiger partial charge in [0.2, 0.25) is 0 Å². The minimum Gasteiger partial charge on any atom is -0.465 e. The van der Waals surface area contributed by atoms with Crippen molar-refractivity contribution in [2.45, 2.75) is 12.5 Å². The first kappa shape index (κ1) is 13.7. The SMILES string of the molecule is CNc1c(C(N)=O)c(Br)nn1[C@H]1CCN(C(=O)O)C1. The zero-order chi connectivity index (χ0) is 14.2. The summed E-state index contributed by atoms with van der Waals surface area (Å²) in [6.07, 6.45) is -0.303. The summed E-state index contributed by atoms with van der Waals surface area (Å²) in [6, 6.07) is -0.108. The number of anilines is 1. The van der Waals surface area contributed by atoms with E-state index in [1.807, 2.05) is 0 Å². The molecular weight excluding hydrogens is 318 g/mol. The number of rotatable bonds is 3. The molecule has 0 aromatic carbocycles. The Morgan fingerprint density at radius 3 is 2.74 bits per heavy atom. The molecule has 1 atom stereocenters. The van der Waals surface area contributed by atoms with Crippen LogP contribution in [0.5, 0.6) is 0 Å². The lowest BCUT2D eigenvalue weighted by molar-refractivity contribution is 0.1000. The summed E-state index contributed by atoms with van der Waals surface area (Å²) in [7, 11) is 1.66. The highest BCUT2D eigenvalue weighted by Gasteiger charge is 2.31. The largest absolute Gasteiger partial charge is 0.465 e. The molecule has 1 aromatic heterocycles. The Morgan fingerprint density at radius 2 is 2.26 bits per heavy atom. The van der Waals surface area contributed by atoms with Gasteiger partial charge in [-0.1, -0.05) is 0 Å². The number of nitrogens with one attached hydrogen (secondary N) is 1. The van der Waals surface area contributed by atoms with Crippen LogP contribution in [0.25, 0.3) is 0 Å². The number of primary amides is 1. The number of hydrogen-bond donors (Lipinski definition) is 3. The second kappa shape index (κ2) is 5.08. The first-order valence-electron chi connectivity index (χ1n) is 5.69. The van der Waals surface area contributed by atoms with Crippen molar-refractivity contribution in [2.24, 2.45) is 5.73 Å². The molecule has 4 N–H and O–H groups in total. The van der Waals surface area contributed by atoms with Crippen LogP contribution in [0.1, 0.15) is 22.8 Å². The van der Waals surface area contributed by atoms with Gasteiger partial charge in [0, 0.05) is 20.1 Å². The smallest absolute Gasteiger partial charge is 0.407 e. The minimum absolute atomic E-state index is 0.108. The molecular formula is C10H14BrN5O3. The Morgan fingerprint density at radius 1 is 1.58 bits per heavy atom. The molecule has 8 nitrogen and oxygen atoms in total. The van der Waals surface area contributed by atoms with Crippen LogP contribution in [0.3, 0.4) is 0 Å². The van der Waals surface area contributed by atoms with Crippen molar-refractivity contribution in [3.63, 3.8) is 0 Å². The average molecular weight is 332 g/mol. The lowest BCUT2D eigenvalue weighted by Gasteiger charge is -2.15. The quantitative estimate of drug-likeness (QED) is 0.754. The molecule has 0 saturated carbocycles. The van der Waals surface area contributed by atoms with Gasteiger partial charge >= 0.3 is 6.09 Å². The first-order chi connectivity index (χ1) is 8.95. The third kappa shape index (κ3) is 2.37. The van der Waals surface area contributed by atoms with Crippen molar-refractivity contribution in [3.05, 3.63) is 10.2 Å². The standard InChI is InChI=1S/C10H14BrN5O3/c1-13-9-6(8(12)17)7(11)14-16(9)5-2-3-15(4-5)10(18)19/h5,13H,2-4H2,1H3,(H2,12,17)(H,18,19)/t5-/m0/s1. The number of carboxylic acid groups (broad SMARTS) is 1. The third-order valence-corrected chi connectivity index (χ3v) is 3.69. The molecule has 0 unspecified atom stereocenters. The molecule has 1 aromatic rings. The number of carbonyl (C=O) groups excluding carboxylic acids is 1. The fraction of sp³-hybridized carbons (Fsp3) is 0.500. The van der Waals surface area contributed by atoms with E-state index in [0.29, 0.717) is 29.9 Å². The predicted molar refractivity (Wildman–Crippen MR) is 71.2 cm³/mol. The number of amides is 2. The van der Waals surface area contributed by atoms with Gasteiger partial charge < -0.3 is 21.1 Å². The Balaban J connectivity index is 2.34. The van der Waals surface area contributed by atoms with Crippen LogP contribution in [0.2, 0.25) is 0 Å². The maximum absolute atomic E-state index is 11.4. The molecule has 2 amide bonds. The summed E-state index contributed by atoms with van der Waals surface area (Å²) >= 11 is 3.20. The summed E-state index contributed by atoms with van der Waals surface area (Å²) in [5, 5.41) is 16.1. The molecule has 0 aliphatic carbocycles. The van der Waals surface area contributed by atoms with Gasteiger partial charge in [-0.3, -0.25) is 4.79 Å². The van der Waals surface area contributed by atoms with E-state index in [9.17, 15) is 9.59 Å². The van der Waals surface area contributed by atoms with Crippen molar-refractivity contribution in [1.82, 2.24) is 14.7 Å². The van der Waals surface area contributed by atoms with E-state index in [0.717, 1.165) is 0 Å². The van der Waals surface area contributed by atoms with Gasteiger partial charge in [-0.25, -0.2) is 9.48 Å². The minimum atomic E-state index is -0.949. The third-order valence-electron chi connectivity index (χ3n) is 3.13. The summed E-state index contributed by atoms with van der Waals surface area (Å²) in [5.41, 5.74) is 5.59. The Kier molecular flexibility index (Phi) is 3.65. The molecule has 1 saturated heterocycles. The predicted octanol–water partition coefficient (Wildman–Crippen LogP) is 0.711. The van der Waals surface area contributed by atoms with Crippen molar-refractivity contribution < 1.29 is 14.7 Å². The summed E-state index contributed by atoms with van der Waals surface area (Å²) in [6.45, 7) is 0.795. The van der Waals surface area contributed by atoms with Crippen LogP contribution in [-0.2, 0) is 0 Å². The van der Waals surface area contributed by atoms with Crippen LogP contribution < -0.4 is 11.1 Å². The number of nitrogens with zero attached hydrogens (tertiary/aromatic N) is 3. The van der Waals surface area contributed by atoms with Crippen LogP contribution >= 0.6 is 15.9 Å². The van der Waals surface area contributed by atoms with Gasteiger partial charge in [0.15, 0.2) is 0 Å². The van der Waals surface area contributed by atoms with Crippen LogP contribution in [0.15, 0.2) is 4.60 Å². The summed E-state index contributed by atoms with van der Waals surface area (Å²) in [5.74, 6) is -0.0906. The van der Waals surface area contributed by atoms with Crippen LogP contribution in [0, 0.1) is 0 Å². The number of aromatic nitrogens is 2. The van der Waals surface area contributed by atoms with Gasteiger partial charge in [0.1, 0.15) is 16.0 Å². The van der Waals surface area contributed by atoms with E-state index in [4.69, 9.17) is 10.8 Å². The van der Waals surface area contributed by atoms with Crippen molar-refractivity contribution in [3.8, 4) is 0 Å². The first-order valence-corrected chi connectivity index (χ1v) is 6.48. The van der Waals surface area contributed by atoms with E-state index in [1.54, 1.807) is 11.7 Å². The number of likely N-dealkylation sites (tertiary alicyclic amines) is 1. The highest BCUT2D eigenvalue weighted by Crippen LogP contribution is 2.30. The van der Waals surface area contributed by atoms with Crippen molar-refractivity contribution >= 4 is 33.7 Å². The van der Waals surface area contributed by atoms with Gasteiger partial charge in [0.25, 0.3) is 5.91 Å². The van der Waals surface area contributed by atoms with Crippen molar-refractivity contribution in [2.75, 3.05) is 25.5 Å². The number of hydrogen-bond acceptors (Lipinski definition) is 4. The van der Waals surface area contributed by atoms with E-state index in [-0.39, 0.29) is 11.6 Å². The molecule has 9 heteroatoms. The monoisotopic (exact) mass is 331 g/mol. The molecule has 2 heterocycles. The number of halogens is 1. The van der Waals surface area contributed by atoms with E-state index < -0.39 is 12.0 Å². The normalized spacial score (nSPS) is 18.6. The molecule has 2 rings (SSSR count). The Bertz CT molecular complexity index is 529. The fourth-order valence-electron chi connectivity index (χ4n) is 2.24. The zero-order valence-corrected chi connectivity index (χ0v) is 11.8. The molecule has 0 spiro atoms. The van der Waals surface area contributed by atoms with Gasteiger partial charge in [-0.15, -0.1) is 0 Å². The highest BCUT2D eigenvalue weighted by molar-refractivity contribution is 9.10. The van der Waals surface area contributed by atoms with Gasteiger partial charge in [-0.05, 0) is 22.4 Å². The fourth-order valence-corrected chi connectivity index (χ4v) is 2.80. The Hall–Kier alpha value is -1.77. The number of carbonyl (C=O) groups is 2. The van der Waals surface area contributed by atoms with E-state index >= 15 is 0 Å². The van der Waals surface area contributed by atoms with Crippen LogP contribution in [-0.4, -0.2) is 51.9 Å². The highest BCUT2D eigenvalue weighted by atomic mass is 79.9. The lowest BCUT2D eigenvalue weighted by atomic mass is 10.2. The number of nitrogens with two attached hydrogens (primary N) is 1. The molecule has 1 aliphatic rings. The summed E-state index contributed by atoms with van der Waals surface area (Å²) < 4.78 is 1.98. The molecule has 1 aliphatic heterocycles. The van der Waals surface area contributed by atoms with Crippen LogP contribution in [0.4, 0.5) is 10.6 Å². The maximum atomic E-state index is 11.4. The molecule has 19 heavy (non-hydrogen) atoms. The Labute approximate surface area is 117 Å². The lowest BCUT2D eigenvalue weighted by Crippen LogP contribution is -2.27. The topological polar surface area (TPSA) is 113 Å². The average Bonchev–Trinajstić information content (AvgIpc) is 2.91. The van der Waals surface area contributed by atoms with Gasteiger partial charge in [-0.2, -0.15) is 5.10 Å². The van der Waals surface area contributed by atoms with E-state index in [1.165, 1.54) is 4.90 Å². The maximum Gasteiger partial charge on any atom is 0.407 e. The van der Waals surface area contributed by atoms with Gasteiger partial charge in [0.05, 0.1) is 6.04 Å². The van der Waals surface area contributed by atoms with Crippen molar-refractivity contribution in [1.29, 1.82) is 0 Å². The molecule has 104 valence electrons. The molecule has 0 bridgehead atoms.